The predicted octanol–water partition coefficient (Wildman–Crippen LogP) is -0.594. The van der Waals surface area contributed by atoms with E-state index in [1.54, 1.807) is 20.8 Å². The first-order valence-electron chi connectivity index (χ1n) is 10.3. The summed E-state index contributed by atoms with van der Waals surface area (Å²) in [6, 6.07) is 3.53. The molecule has 0 aromatic heterocycles. The van der Waals surface area contributed by atoms with Crippen molar-refractivity contribution in [2.75, 3.05) is 11.3 Å². The number of esters is 1. The molecule has 12 nitrogen and oxygen atoms in total. The molecule has 0 saturated heterocycles. The van der Waals surface area contributed by atoms with Crippen LogP contribution < -0.4 is 26.2 Å². The highest BCUT2D eigenvalue weighted by Crippen LogP contribution is 2.21. The Morgan fingerprint density at radius 1 is 1.15 bits per heavy atom. The summed E-state index contributed by atoms with van der Waals surface area (Å²) < 4.78 is 29.8. The Bertz CT molecular complexity index is 929. The molecule has 2 amide bonds. The molecule has 0 aliphatic carbocycles. The number of nitrogens with one attached hydrogen (secondary N) is 3. The van der Waals surface area contributed by atoms with Crippen molar-refractivity contribution in [3.05, 3.63) is 29.8 Å². The van der Waals surface area contributed by atoms with Crippen LogP contribution in [0.1, 0.15) is 52.1 Å². The summed E-state index contributed by atoms with van der Waals surface area (Å²) in [5, 5.41) is 19.6. The van der Waals surface area contributed by atoms with Crippen molar-refractivity contribution >= 4 is 33.7 Å². The van der Waals surface area contributed by atoms with E-state index in [0.29, 0.717) is 18.4 Å². The number of ether oxygens (including phenoxy) is 1. The number of hydrogen-bond donors (Lipinski definition) is 6. The van der Waals surface area contributed by atoms with Gasteiger partial charge in [0, 0.05) is 11.7 Å². The highest BCUT2D eigenvalue weighted by atomic mass is 32.2. The first-order valence-corrected chi connectivity index (χ1v) is 11.8. The second-order valence-corrected chi connectivity index (χ2v) is 9.71. The second-order valence-electron chi connectivity index (χ2n) is 8.42. The zero-order chi connectivity index (χ0) is 25.4. The molecule has 0 heterocycles. The molecule has 3 unspecified atom stereocenters. The first kappa shape index (κ1) is 28.3. The van der Waals surface area contributed by atoms with Gasteiger partial charge in [-0.05, 0) is 44.9 Å². The molecular formula is C20H33N5O7S. The van der Waals surface area contributed by atoms with Crippen LogP contribution in [0.25, 0.3) is 0 Å². The van der Waals surface area contributed by atoms with Crippen LogP contribution in [0, 0.1) is 0 Å². The maximum Gasteiger partial charge on any atom is 0.333 e. The van der Waals surface area contributed by atoms with Crippen molar-refractivity contribution in [3.63, 3.8) is 0 Å². The van der Waals surface area contributed by atoms with Crippen molar-refractivity contribution in [2.45, 2.75) is 64.3 Å². The van der Waals surface area contributed by atoms with E-state index in [0.717, 1.165) is 0 Å². The maximum atomic E-state index is 12.7. The number of rotatable bonds is 11. The molecule has 1 aromatic carbocycles. The summed E-state index contributed by atoms with van der Waals surface area (Å²) in [7, 11) is -3.98. The van der Waals surface area contributed by atoms with Gasteiger partial charge in [0.2, 0.25) is 5.91 Å². The Morgan fingerprint density at radius 2 is 1.73 bits per heavy atom. The van der Waals surface area contributed by atoms with Crippen LogP contribution in [0.15, 0.2) is 24.3 Å². The molecule has 1 aromatic rings. The summed E-state index contributed by atoms with van der Waals surface area (Å²) in [5.41, 5.74) is 5.33. The monoisotopic (exact) mass is 487 g/mol. The van der Waals surface area contributed by atoms with Crippen molar-refractivity contribution < 1.29 is 32.6 Å². The zero-order valence-corrected chi connectivity index (χ0v) is 19.9. The van der Waals surface area contributed by atoms with Crippen molar-refractivity contribution in [3.8, 4) is 0 Å². The minimum absolute atomic E-state index is 0.153. The third-order valence-corrected chi connectivity index (χ3v) is 4.69. The minimum atomic E-state index is -3.98. The van der Waals surface area contributed by atoms with Gasteiger partial charge in [0.25, 0.3) is 16.1 Å². The lowest BCUT2D eigenvalue weighted by Crippen LogP contribution is -2.49. The fraction of sp³-hybridized carbons (Fsp3) is 0.550. The first-order chi connectivity index (χ1) is 15.1. The number of aliphatic hydroxyl groups excluding tert-OH is 1. The number of benzene rings is 1. The number of hydrogen-bond acceptors (Lipinski definition) is 8. The zero-order valence-electron chi connectivity index (χ0n) is 19.1. The Hall–Kier alpha value is -2.74. The fourth-order valence-corrected chi connectivity index (χ4v) is 3.18. The number of amides is 2. The van der Waals surface area contributed by atoms with Crippen molar-refractivity contribution in [1.82, 2.24) is 10.6 Å². The molecule has 8 N–H and O–H groups in total. The lowest BCUT2D eigenvalue weighted by atomic mass is 10.1. The molecule has 0 radical (unpaired) electrons. The molecule has 13 heteroatoms. The average Bonchev–Trinajstić information content (AvgIpc) is 2.68. The number of anilines is 1. The number of carbonyl (C=O) groups is 3. The average molecular weight is 488 g/mol. The van der Waals surface area contributed by atoms with Gasteiger partial charge in [0.15, 0.2) is 6.04 Å². The topological polar surface area (TPSA) is 203 Å². The smallest absolute Gasteiger partial charge is 0.333 e. The Morgan fingerprint density at radius 3 is 2.21 bits per heavy atom. The van der Waals surface area contributed by atoms with Gasteiger partial charge in [0.1, 0.15) is 11.7 Å². The van der Waals surface area contributed by atoms with E-state index in [-0.39, 0.29) is 5.69 Å². The van der Waals surface area contributed by atoms with Gasteiger partial charge in [-0.25, -0.2) is 9.93 Å². The highest BCUT2D eigenvalue weighted by molar-refractivity contribution is 7.90. The molecule has 0 aliphatic rings. The molecule has 0 fully saturated rings. The molecule has 0 bridgehead atoms. The molecule has 0 saturated carbocycles. The third-order valence-electron chi connectivity index (χ3n) is 4.17. The van der Waals surface area contributed by atoms with Gasteiger partial charge in [-0.15, -0.1) is 0 Å². The maximum absolute atomic E-state index is 12.7. The SMILES string of the molecule is CCCC(N)C(O)C(=O)NCC(=O)NC(C(=O)OC(C)(C)C)c1ccc(NS(N)(=O)=O)cc1. The van der Waals surface area contributed by atoms with Gasteiger partial charge in [-0.1, -0.05) is 25.5 Å². The van der Waals surface area contributed by atoms with Gasteiger partial charge in [-0.2, -0.15) is 8.42 Å². The Kier molecular flexibility index (Phi) is 10.2. The van der Waals surface area contributed by atoms with Crippen LogP contribution in [0.2, 0.25) is 0 Å². The summed E-state index contributed by atoms with van der Waals surface area (Å²) >= 11 is 0. The molecular weight excluding hydrogens is 454 g/mol. The van der Waals surface area contributed by atoms with E-state index in [1.807, 2.05) is 6.92 Å². The summed E-state index contributed by atoms with van der Waals surface area (Å²) in [6.45, 7) is 6.31. The van der Waals surface area contributed by atoms with Crippen LogP contribution in [-0.4, -0.2) is 55.6 Å². The standard InChI is InChI=1S/C20H33N5O7S/c1-5-6-14(21)17(27)18(28)23-11-15(26)24-16(19(29)32-20(2,3)4)12-7-9-13(10-8-12)25-33(22,30)31/h7-10,14,16-17,25,27H,5-6,11,21H2,1-4H3,(H,23,28)(H,24,26)(H2,22,30,31). The third kappa shape index (κ3) is 10.6. The highest BCUT2D eigenvalue weighted by Gasteiger charge is 2.29. The molecule has 0 spiro atoms. The number of nitrogens with two attached hydrogens (primary N) is 2. The van der Waals surface area contributed by atoms with E-state index in [9.17, 15) is 27.9 Å². The van der Waals surface area contributed by atoms with Crippen LogP contribution in [0.5, 0.6) is 0 Å². The number of carbonyl (C=O) groups excluding carboxylic acids is 3. The molecule has 186 valence electrons. The summed E-state index contributed by atoms with van der Waals surface area (Å²) in [4.78, 5) is 37.1. The predicted molar refractivity (Wildman–Crippen MR) is 122 cm³/mol. The number of aliphatic hydroxyl groups is 1. The van der Waals surface area contributed by atoms with E-state index < -0.39 is 58.3 Å². The van der Waals surface area contributed by atoms with E-state index in [1.165, 1.54) is 24.3 Å². The van der Waals surface area contributed by atoms with Crippen molar-refractivity contribution in [2.24, 2.45) is 10.9 Å². The van der Waals surface area contributed by atoms with Crippen LogP contribution >= 0.6 is 0 Å². The van der Waals surface area contributed by atoms with Crippen LogP contribution in [-0.2, 0) is 29.3 Å². The lowest BCUT2D eigenvalue weighted by molar-refractivity contribution is -0.158. The quantitative estimate of drug-likeness (QED) is 0.222. The van der Waals surface area contributed by atoms with E-state index >= 15 is 0 Å². The van der Waals surface area contributed by atoms with E-state index in [4.69, 9.17) is 15.6 Å². The van der Waals surface area contributed by atoms with Gasteiger partial charge in [0.05, 0.1) is 6.54 Å². The van der Waals surface area contributed by atoms with Crippen LogP contribution in [0.4, 0.5) is 5.69 Å². The van der Waals surface area contributed by atoms with Crippen molar-refractivity contribution in [1.29, 1.82) is 0 Å². The summed E-state index contributed by atoms with van der Waals surface area (Å²) in [6.07, 6.45) is -0.370. The molecule has 1 rings (SSSR count). The molecule has 3 atom stereocenters. The normalized spacial score (nSPS) is 14.5. The van der Waals surface area contributed by atoms with Crippen LogP contribution in [0.3, 0.4) is 0 Å². The Balaban J connectivity index is 2.94. The minimum Gasteiger partial charge on any atom is -0.458 e. The van der Waals surface area contributed by atoms with Gasteiger partial charge in [-0.3, -0.25) is 14.3 Å². The van der Waals surface area contributed by atoms with Gasteiger partial charge >= 0.3 is 5.97 Å². The summed E-state index contributed by atoms with van der Waals surface area (Å²) in [5.74, 6) is -2.29. The fourth-order valence-electron chi connectivity index (χ4n) is 2.72. The molecule has 0 aliphatic heterocycles. The largest absolute Gasteiger partial charge is 0.458 e. The molecule has 33 heavy (non-hydrogen) atoms. The second kappa shape index (κ2) is 11.9. The lowest BCUT2D eigenvalue weighted by Gasteiger charge is -2.25. The Labute approximate surface area is 193 Å². The van der Waals surface area contributed by atoms with E-state index in [2.05, 4.69) is 15.4 Å². The van der Waals surface area contributed by atoms with Gasteiger partial charge < -0.3 is 26.2 Å².